The SMILES string of the molecule is CC(C)COc1ccc(C2=C(N(C)CCO)C(=O)N(c3ccc(Cl)cc3)C2=O)cc1. The van der Waals surface area contributed by atoms with Crippen LogP contribution >= 0.6 is 11.6 Å². The Labute approximate surface area is 181 Å². The number of hydrogen-bond acceptors (Lipinski definition) is 5. The fraction of sp³-hybridized carbons (Fsp3) is 0.304. The quantitative estimate of drug-likeness (QED) is 0.651. The Morgan fingerprint density at radius 2 is 1.67 bits per heavy atom. The van der Waals surface area contributed by atoms with Crippen molar-refractivity contribution in [1.29, 1.82) is 0 Å². The van der Waals surface area contributed by atoms with E-state index in [1.54, 1.807) is 60.5 Å². The third kappa shape index (κ3) is 4.50. The van der Waals surface area contributed by atoms with E-state index in [2.05, 4.69) is 13.8 Å². The molecule has 2 aromatic carbocycles. The largest absolute Gasteiger partial charge is 0.493 e. The first-order chi connectivity index (χ1) is 14.3. The van der Waals surface area contributed by atoms with Crippen LogP contribution in [0.1, 0.15) is 19.4 Å². The molecule has 2 aromatic rings. The number of benzene rings is 2. The molecular formula is C23H25ClN2O4. The van der Waals surface area contributed by atoms with Crippen molar-refractivity contribution in [1.82, 2.24) is 4.90 Å². The highest BCUT2D eigenvalue weighted by atomic mass is 35.5. The molecule has 2 amide bonds. The molecule has 158 valence electrons. The number of anilines is 1. The molecule has 6 nitrogen and oxygen atoms in total. The van der Waals surface area contributed by atoms with Gasteiger partial charge in [-0.3, -0.25) is 9.59 Å². The summed E-state index contributed by atoms with van der Waals surface area (Å²) in [5.41, 5.74) is 1.60. The molecule has 30 heavy (non-hydrogen) atoms. The van der Waals surface area contributed by atoms with E-state index in [4.69, 9.17) is 16.3 Å². The molecule has 1 aliphatic rings. The minimum absolute atomic E-state index is 0.141. The fourth-order valence-electron chi connectivity index (χ4n) is 3.20. The summed E-state index contributed by atoms with van der Waals surface area (Å²) in [4.78, 5) is 29.3. The average Bonchev–Trinajstić information content (AvgIpc) is 2.98. The fourth-order valence-corrected chi connectivity index (χ4v) is 3.33. The van der Waals surface area contributed by atoms with E-state index >= 15 is 0 Å². The van der Waals surface area contributed by atoms with Gasteiger partial charge in [0.25, 0.3) is 11.8 Å². The van der Waals surface area contributed by atoms with Gasteiger partial charge >= 0.3 is 0 Å². The van der Waals surface area contributed by atoms with Crippen molar-refractivity contribution in [3.63, 3.8) is 0 Å². The van der Waals surface area contributed by atoms with Crippen molar-refractivity contribution >= 4 is 34.7 Å². The number of halogens is 1. The minimum atomic E-state index is -0.437. The zero-order valence-corrected chi connectivity index (χ0v) is 18.0. The maximum Gasteiger partial charge on any atom is 0.282 e. The number of amides is 2. The lowest BCUT2D eigenvalue weighted by molar-refractivity contribution is -0.120. The summed E-state index contributed by atoms with van der Waals surface area (Å²) in [7, 11) is 1.68. The molecule has 0 radical (unpaired) electrons. The molecule has 0 spiro atoms. The summed E-state index contributed by atoms with van der Waals surface area (Å²) < 4.78 is 5.71. The van der Waals surface area contributed by atoms with Crippen molar-refractivity contribution in [2.45, 2.75) is 13.8 Å². The van der Waals surface area contributed by atoms with Gasteiger partial charge in [-0.05, 0) is 47.9 Å². The van der Waals surface area contributed by atoms with Crippen LogP contribution < -0.4 is 9.64 Å². The highest BCUT2D eigenvalue weighted by Gasteiger charge is 2.41. The van der Waals surface area contributed by atoms with Crippen LogP contribution in [0.4, 0.5) is 5.69 Å². The Morgan fingerprint density at radius 1 is 1.03 bits per heavy atom. The molecule has 7 heteroatoms. The van der Waals surface area contributed by atoms with Gasteiger partial charge in [0.2, 0.25) is 0 Å². The smallest absolute Gasteiger partial charge is 0.282 e. The van der Waals surface area contributed by atoms with Gasteiger partial charge in [0, 0.05) is 18.6 Å². The standard InChI is InChI=1S/C23H25ClN2O4/c1-15(2)14-30-19-10-4-16(5-11-19)20-21(25(3)12-13-27)23(29)26(22(20)28)18-8-6-17(24)7-9-18/h4-11,15,27H,12-14H2,1-3H3. The normalized spacial score (nSPS) is 14.1. The van der Waals surface area contributed by atoms with Gasteiger partial charge in [-0.25, -0.2) is 4.90 Å². The molecule has 3 rings (SSSR count). The number of aliphatic hydroxyl groups excluding tert-OH is 1. The van der Waals surface area contributed by atoms with Crippen LogP contribution in [0.5, 0.6) is 5.75 Å². The van der Waals surface area contributed by atoms with Gasteiger partial charge in [0.1, 0.15) is 11.4 Å². The highest BCUT2D eigenvalue weighted by molar-refractivity contribution is 6.45. The summed E-state index contributed by atoms with van der Waals surface area (Å²) in [6.45, 7) is 4.81. The second kappa shape index (κ2) is 9.32. The molecule has 0 fully saturated rings. The average molecular weight is 429 g/mol. The number of rotatable bonds is 8. The third-order valence-corrected chi connectivity index (χ3v) is 4.94. The lowest BCUT2D eigenvalue weighted by atomic mass is 10.0. The van der Waals surface area contributed by atoms with Gasteiger partial charge in [0.05, 0.1) is 24.5 Å². The number of aliphatic hydroxyl groups is 1. The van der Waals surface area contributed by atoms with Crippen LogP contribution in [0.3, 0.4) is 0 Å². The van der Waals surface area contributed by atoms with E-state index in [0.29, 0.717) is 40.1 Å². The maximum atomic E-state index is 13.3. The van der Waals surface area contributed by atoms with E-state index in [1.165, 1.54) is 0 Å². The van der Waals surface area contributed by atoms with Crippen molar-refractivity contribution in [2.24, 2.45) is 5.92 Å². The first-order valence-electron chi connectivity index (χ1n) is 9.77. The summed E-state index contributed by atoms with van der Waals surface area (Å²) in [6.07, 6.45) is 0. The van der Waals surface area contributed by atoms with Gasteiger partial charge in [-0.1, -0.05) is 37.6 Å². The van der Waals surface area contributed by atoms with E-state index in [1.807, 2.05) is 0 Å². The molecule has 0 saturated heterocycles. The predicted molar refractivity (Wildman–Crippen MR) is 117 cm³/mol. The minimum Gasteiger partial charge on any atom is -0.493 e. The van der Waals surface area contributed by atoms with Crippen LogP contribution in [-0.2, 0) is 9.59 Å². The molecular weight excluding hydrogens is 404 g/mol. The third-order valence-electron chi connectivity index (χ3n) is 4.69. The highest BCUT2D eigenvalue weighted by Crippen LogP contribution is 2.35. The van der Waals surface area contributed by atoms with E-state index in [0.717, 1.165) is 4.90 Å². The first kappa shape index (κ1) is 21.9. The molecule has 1 heterocycles. The van der Waals surface area contributed by atoms with Crippen LogP contribution in [0.25, 0.3) is 5.57 Å². The number of likely N-dealkylation sites (N-methyl/N-ethyl adjacent to an activating group) is 1. The van der Waals surface area contributed by atoms with Crippen LogP contribution in [0, 0.1) is 5.92 Å². The number of carbonyl (C=O) groups excluding carboxylic acids is 2. The predicted octanol–water partition coefficient (Wildman–Crippen LogP) is 3.58. The Bertz CT molecular complexity index is 952. The van der Waals surface area contributed by atoms with Crippen LogP contribution in [0.2, 0.25) is 5.02 Å². The second-order valence-corrected chi connectivity index (χ2v) is 7.96. The van der Waals surface area contributed by atoms with Gasteiger partial charge in [-0.2, -0.15) is 0 Å². The molecule has 0 saturated carbocycles. The Morgan fingerprint density at radius 3 is 2.23 bits per heavy atom. The monoisotopic (exact) mass is 428 g/mol. The van der Waals surface area contributed by atoms with E-state index in [-0.39, 0.29) is 18.8 Å². The molecule has 0 aromatic heterocycles. The Kier molecular flexibility index (Phi) is 6.80. The summed E-state index contributed by atoms with van der Waals surface area (Å²) >= 11 is 5.95. The summed E-state index contributed by atoms with van der Waals surface area (Å²) in [5, 5.41) is 9.87. The Balaban J connectivity index is 2.00. The van der Waals surface area contributed by atoms with Crippen LogP contribution in [0.15, 0.2) is 54.2 Å². The lowest BCUT2D eigenvalue weighted by Gasteiger charge is -2.20. The molecule has 0 bridgehead atoms. The van der Waals surface area contributed by atoms with Gasteiger partial charge < -0.3 is 14.7 Å². The van der Waals surface area contributed by atoms with Gasteiger partial charge in [-0.15, -0.1) is 0 Å². The summed E-state index contributed by atoms with van der Waals surface area (Å²) in [6, 6.07) is 13.7. The Hall–Kier alpha value is -2.83. The van der Waals surface area contributed by atoms with Crippen molar-refractivity contribution in [3.05, 3.63) is 64.8 Å². The second-order valence-electron chi connectivity index (χ2n) is 7.52. The maximum absolute atomic E-state index is 13.3. The number of imide groups is 1. The van der Waals surface area contributed by atoms with Crippen LogP contribution in [-0.4, -0.2) is 48.6 Å². The molecule has 1 N–H and O–H groups in total. The van der Waals surface area contributed by atoms with Gasteiger partial charge in [0.15, 0.2) is 0 Å². The first-order valence-corrected chi connectivity index (χ1v) is 10.1. The number of hydrogen-bond donors (Lipinski definition) is 1. The summed E-state index contributed by atoms with van der Waals surface area (Å²) in [5.74, 6) is 0.240. The molecule has 0 aliphatic carbocycles. The van der Waals surface area contributed by atoms with Crippen molar-refractivity contribution < 1.29 is 19.4 Å². The number of nitrogens with zero attached hydrogens (tertiary/aromatic N) is 2. The zero-order chi connectivity index (χ0) is 21.8. The number of ether oxygens (including phenoxy) is 1. The topological polar surface area (TPSA) is 70.1 Å². The lowest BCUT2D eigenvalue weighted by Crippen LogP contribution is -2.34. The number of carbonyl (C=O) groups is 2. The zero-order valence-electron chi connectivity index (χ0n) is 17.3. The molecule has 0 atom stereocenters. The van der Waals surface area contributed by atoms with Crippen molar-refractivity contribution in [3.8, 4) is 5.75 Å². The van der Waals surface area contributed by atoms with Crippen molar-refractivity contribution in [2.75, 3.05) is 31.7 Å². The molecule has 1 aliphatic heterocycles. The van der Waals surface area contributed by atoms with E-state index in [9.17, 15) is 14.7 Å². The van der Waals surface area contributed by atoms with E-state index < -0.39 is 11.8 Å². The molecule has 0 unspecified atom stereocenters.